The van der Waals surface area contributed by atoms with E-state index in [0.717, 1.165) is 13.0 Å². The summed E-state index contributed by atoms with van der Waals surface area (Å²) in [5.74, 6) is 0.330. The highest BCUT2D eigenvalue weighted by Crippen LogP contribution is 2.36. The van der Waals surface area contributed by atoms with Crippen LogP contribution in [0.2, 0.25) is 18.1 Å². The SMILES string of the molecule is CCCCCC[C@H](CO)CO[Si](C)(C)C(C)(C)C. The van der Waals surface area contributed by atoms with Crippen LogP contribution in [-0.4, -0.2) is 26.6 Å². The second-order valence-electron chi connectivity index (χ2n) is 6.97. The van der Waals surface area contributed by atoms with Crippen molar-refractivity contribution in [3.05, 3.63) is 0 Å². The summed E-state index contributed by atoms with van der Waals surface area (Å²) in [6, 6.07) is 0. The normalized spacial score (nSPS) is 14.8. The summed E-state index contributed by atoms with van der Waals surface area (Å²) in [6.45, 7) is 14.6. The summed E-state index contributed by atoms with van der Waals surface area (Å²) >= 11 is 0. The van der Waals surface area contributed by atoms with Gasteiger partial charge in [-0.2, -0.15) is 0 Å². The van der Waals surface area contributed by atoms with Crippen LogP contribution in [0.25, 0.3) is 0 Å². The van der Waals surface area contributed by atoms with Crippen LogP contribution >= 0.6 is 0 Å². The van der Waals surface area contributed by atoms with E-state index in [1.807, 2.05) is 0 Å². The van der Waals surface area contributed by atoms with Crippen LogP contribution in [0.3, 0.4) is 0 Å². The number of unbranched alkanes of at least 4 members (excludes halogenated alkanes) is 3. The Bertz CT molecular complexity index is 209. The van der Waals surface area contributed by atoms with Crippen molar-refractivity contribution in [1.82, 2.24) is 0 Å². The first-order chi connectivity index (χ1) is 8.24. The van der Waals surface area contributed by atoms with Crippen molar-refractivity contribution in [2.24, 2.45) is 5.92 Å². The summed E-state index contributed by atoms with van der Waals surface area (Å²) in [4.78, 5) is 0. The van der Waals surface area contributed by atoms with Gasteiger partial charge in [0.05, 0.1) is 0 Å². The van der Waals surface area contributed by atoms with Crippen molar-refractivity contribution in [3.8, 4) is 0 Å². The molecule has 0 aliphatic heterocycles. The zero-order valence-corrected chi connectivity index (χ0v) is 14.4. The highest BCUT2D eigenvalue weighted by molar-refractivity contribution is 6.74. The van der Waals surface area contributed by atoms with Gasteiger partial charge in [0, 0.05) is 19.1 Å². The van der Waals surface area contributed by atoms with Crippen LogP contribution in [0.1, 0.15) is 59.8 Å². The predicted octanol–water partition coefficient (Wildman–Crippen LogP) is 4.59. The largest absolute Gasteiger partial charge is 0.416 e. The number of aliphatic hydroxyl groups is 1. The third-order valence-corrected chi connectivity index (χ3v) is 8.71. The van der Waals surface area contributed by atoms with Crippen molar-refractivity contribution in [3.63, 3.8) is 0 Å². The van der Waals surface area contributed by atoms with E-state index in [0.29, 0.717) is 5.92 Å². The Morgan fingerprint density at radius 3 is 2.17 bits per heavy atom. The lowest BCUT2D eigenvalue weighted by Gasteiger charge is -2.37. The Morgan fingerprint density at radius 1 is 1.11 bits per heavy atom. The molecule has 110 valence electrons. The zero-order chi connectivity index (χ0) is 14.2. The maximum absolute atomic E-state index is 9.42. The Balaban J connectivity index is 4.00. The maximum atomic E-state index is 9.42. The molecule has 0 saturated carbocycles. The van der Waals surface area contributed by atoms with Crippen LogP contribution in [0.4, 0.5) is 0 Å². The molecule has 2 nitrogen and oxygen atoms in total. The Labute approximate surface area is 115 Å². The molecular weight excluding hydrogens is 240 g/mol. The van der Waals surface area contributed by atoms with E-state index in [-0.39, 0.29) is 11.6 Å². The molecule has 0 unspecified atom stereocenters. The van der Waals surface area contributed by atoms with Crippen molar-refractivity contribution in [2.45, 2.75) is 77.9 Å². The molecule has 0 aliphatic carbocycles. The first kappa shape index (κ1) is 18.1. The Morgan fingerprint density at radius 2 is 1.72 bits per heavy atom. The van der Waals surface area contributed by atoms with E-state index in [1.54, 1.807) is 0 Å². The molecule has 0 rings (SSSR count). The van der Waals surface area contributed by atoms with Gasteiger partial charge in [0.25, 0.3) is 0 Å². The van der Waals surface area contributed by atoms with E-state index in [2.05, 4.69) is 40.8 Å². The van der Waals surface area contributed by atoms with Crippen molar-refractivity contribution in [2.75, 3.05) is 13.2 Å². The van der Waals surface area contributed by atoms with E-state index in [9.17, 15) is 5.11 Å². The minimum Gasteiger partial charge on any atom is -0.416 e. The van der Waals surface area contributed by atoms with Gasteiger partial charge in [-0.1, -0.05) is 53.4 Å². The molecule has 0 aromatic heterocycles. The van der Waals surface area contributed by atoms with Gasteiger partial charge in [-0.15, -0.1) is 0 Å². The lowest BCUT2D eigenvalue weighted by atomic mass is 10.0. The number of rotatable bonds is 9. The second kappa shape index (κ2) is 8.34. The molecule has 0 radical (unpaired) electrons. The first-order valence-corrected chi connectivity index (χ1v) is 10.4. The molecule has 0 fully saturated rings. The molecule has 0 aromatic rings. The Hall–Kier alpha value is 0.137. The molecular formula is C15H34O2Si. The van der Waals surface area contributed by atoms with Gasteiger partial charge in [0.2, 0.25) is 0 Å². The average molecular weight is 275 g/mol. The highest BCUT2D eigenvalue weighted by atomic mass is 28.4. The van der Waals surface area contributed by atoms with Crippen LogP contribution in [0.15, 0.2) is 0 Å². The van der Waals surface area contributed by atoms with E-state index in [4.69, 9.17) is 4.43 Å². The third kappa shape index (κ3) is 6.91. The zero-order valence-electron chi connectivity index (χ0n) is 13.4. The average Bonchev–Trinajstić information content (AvgIpc) is 2.26. The first-order valence-electron chi connectivity index (χ1n) is 7.49. The van der Waals surface area contributed by atoms with E-state index < -0.39 is 8.32 Å². The van der Waals surface area contributed by atoms with Crippen molar-refractivity contribution in [1.29, 1.82) is 0 Å². The summed E-state index contributed by atoms with van der Waals surface area (Å²) in [5, 5.41) is 9.68. The van der Waals surface area contributed by atoms with Crippen molar-refractivity contribution < 1.29 is 9.53 Å². The van der Waals surface area contributed by atoms with Gasteiger partial charge >= 0.3 is 0 Å². The maximum Gasteiger partial charge on any atom is 0.191 e. The summed E-state index contributed by atoms with van der Waals surface area (Å²) in [5.41, 5.74) is 0. The third-order valence-electron chi connectivity index (χ3n) is 4.21. The molecule has 0 saturated heterocycles. The molecule has 1 atom stereocenters. The predicted molar refractivity (Wildman–Crippen MR) is 82.5 cm³/mol. The molecule has 18 heavy (non-hydrogen) atoms. The smallest absolute Gasteiger partial charge is 0.191 e. The fourth-order valence-electron chi connectivity index (χ4n) is 1.63. The fourth-order valence-corrected chi connectivity index (χ4v) is 2.72. The number of aliphatic hydroxyl groups excluding tert-OH is 1. The van der Waals surface area contributed by atoms with Crippen LogP contribution in [0.5, 0.6) is 0 Å². The molecule has 0 bridgehead atoms. The van der Waals surface area contributed by atoms with Gasteiger partial charge in [0.1, 0.15) is 0 Å². The molecule has 0 spiro atoms. The van der Waals surface area contributed by atoms with E-state index in [1.165, 1.54) is 25.7 Å². The van der Waals surface area contributed by atoms with Gasteiger partial charge in [-0.3, -0.25) is 0 Å². The molecule has 0 aromatic carbocycles. The minimum absolute atomic E-state index is 0.259. The number of hydrogen-bond acceptors (Lipinski definition) is 2. The van der Waals surface area contributed by atoms with Gasteiger partial charge < -0.3 is 9.53 Å². The molecule has 0 heterocycles. The fraction of sp³-hybridized carbons (Fsp3) is 1.00. The quantitative estimate of drug-likeness (QED) is 0.492. The molecule has 1 N–H and O–H groups in total. The summed E-state index contributed by atoms with van der Waals surface area (Å²) in [6.07, 6.45) is 6.18. The monoisotopic (exact) mass is 274 g/mol. The Kier molecular flexibility index (Phi) is 8.40. The summed E-state index contributed by atoms with van der Waals surface area (Å²) < 4.78 is 6.18. The van der Waals surface area contributed by atoms with Gasteiger partial charge in [-0.25, -0.2) is 0 Å². The topological polar surface area (TPSA) is 29.5 Å². The standard InChI is InChI=1S/C15H34O2Si/c1-7-8-9-10-11-14(12-16)13-17-18(5,6)15(2,3)4/h14,16H,7-13H2,1-6H3/t14-/m1/s1. The van der Waals surface area contributed by atoms with Crippen LogP contribution in [-0.2, 0) is 4.43 Å². The number of hydrogen-bond donors (Lipinski definition) is 1. The van der Waals surface area contributed by atoms with Crippen LogP contribution in [0, 0.1) is 5.92 Å². The lowest BCUT2D eigenvalue weighted by Crippen LogP contribution is -2.42. The van der Waals surface area contributed by atoms with Gasteiger partial charge in [-0.05, 0) is 24.6 Å². The lowest BCUT2D eigenvalue weighted by molar-refractivity contribution is 0.145. The summed E-state index contributed by atoms with van der Waals surface area (Å²) in [7, 11) is -1.65. The molecule has 3 heteroatoms. The van der Waals surface area contributed by atoms with Crippen LogP contribution < -0.4 is 0 Å². The van der Waals surface area contributed by atoms with Crippen molar-refractivity contribution >= 4 is 8.32 Å². The van der Waals surface area contributed by atoms with E-state index >= 15 is 0 Å². The second-order valence-corrected chi connectivity index (χ2v) is 11.8. The molecule has 0 aliphatic rings. The molecule has 0 amide bonds. The minimum atomic E-state index is -1.65. The van der Waals surface area contributed by atoms with Gasteiger partial charge in [0.15, 0.2) is 8.32 Å². The highest BCUT2D eigenvalue weighted by Gasteiger charge is 2.37.